The lowest BCUT2D eigenvalue weighted by Crippen LogP contribution is -2.27. The van der Waals surface area contributed by atoms with E-state index >= 15 is 0 Å². The average molecular weight is 236 g/mol. The maximum Gasteiger partial charge on any atom is 0.337 e. The van der Waals surface area contributed by atoms with Crippen LogP contribution in [0.5, 0.6) is 0 Å². The van der Waals surface area contributed by atoms with Gasteiger partial charge in [-0.15, -0.1) is 0 Å². The van der Waals surface area contributed by atoms with E-state index in [1.165, 1.54) is 18.2 Å². The van der Waals surface area contributed by atoms with Gasteiger partial charge >= 0.3 is 5.97 Å². The first-order chi connectivity index (χ1) is 8.08. The third-order valence-corrected chi connectivity index (χ3v) is 2.91. The Balaban J connectivity index is 2.32. The first-order valence-corrected chi connectivity index (χ1v) is 5.36. The molecule has 0 saturated heterocycles. The summed E-state index contributed by atoms with van der Waals surface area (Å²) in [6.07, 6.45) is 3.05. The number of nitrogens with one attached hydrogen (secondary N) is 1. The summed E-state index contributed by atoms with van der Waals surface area (Å²) in [4.78, 5) is 21.1. The van der Waals surface area contributed by atoms with Gasteiger partial charge in [-0.05, 0) is 25.3 Å². The number of carbonyl (C=O) groups is 1. The van der Waals surface area contributed by atoms with E-state index in [0.29, 0.717) is 5.69 Å². The summed E-state index contributed by atoms with van der Waals surface area (Å²) in [5.74, 6) is -1.08. The van der Waals surface area contributed by atoms with Crippen LogP contribution in [0.2, 0.25) is 0 Å². The van der Waals surface area contributed by atoms with Crippen LogP contribution < -0.4 is 5.32 Å². The van der Waals surface area contributed by atoms with Gasteiger partial charge in [0.15, 0.2) is 0 Å². The van der Waals surface area contributed by atoms with Crippen molar-refractivity contribution in [3.05, 3.63) is 33.9 Å². The molecule has 1 aromatic carbocycles. The molecule has 0 unspecified atom stereocenters. The highest BCUT2D eigenvalue weighted by Crippen LogP contribution is 2.28. The van der Waals surface area contributed by atoms with Crippen LogP contribution in [-0.2, 0) is 0 Å². The molecule has 2 N–H and O–H groups in total. The molecule has 0 spiro atoms. The standard InChI is InChI=1S/C11H12N2O4/c14-11(15)9-5-4-8(13(16)17)6-10(9)12-7-2-1-3-7/h4-7,12H,1-3H2,(H,14,15). The zero-order valence-electron chi connectivity index (χ0n) is 9.05. The van der Waals surface area contributed by atoms with E-state index in [9.17, 15) is 14.9 Å². The maximum absolute atomic E-state index is 11.0. The number of anilines is 1. The molecular formula is C11H12N2O4. The van der Waals surface area contributed by atoms with Crippen molar-refractivity contribution in [2.24, 2.45) is 0 Å². The number of rotatable bonds is 4. The fourth-order valence-electron chi connectivity index (χ4n) is 1.72. The average Bonchev–Trinajstić information content (AvgIpc) is 2.22. The molecule has 6 nitrogen and oxygen atoms in total. The second-order valence-electron chi connectivity index (χ2n) is 4.06. The topological polar surface area (TPSA) is 92.5 Å². The van der Waals surface area contributed by atoms with Crippen molar-refractivity contribution in [3.8, 4) is 0 Å². The van der Waals surface area contributed by atoms with Crippen molar-refractivity contribution in [2.45, 2.75) is 25.3 Å². The summed E-state index contributed by atoms with van der Waals surface area (Å²) in [7, 11) is 0. The molecule has 0 amide bonds. The lowest BCUT2D eigenvalue weighted by Gasteiger charge is -2.28. The molecule has 0 bridgehead atoms. The van der Waals surface area contributed by atoms with E-state index in [1.54, 1.807) is 0 Å². The zero-order valence-corrected chi connectivity index (χ0v) is 9.05. The summed E-state index contributed by atoms with van der Waals surface area (Å²) < 4.78 is 0. The van der Waals surface area contributed by atoms with Crippen LogP contribution in [0.3, 0.4) is 0 Å². The minimum Gasteiger partial charge on any atom is -0.478 e. The van der Waals surface area contributed by atoms with Gasteiger partial charge in [0.05, 0.1) is 16.2 Å². The Kier molecular flexibility index (Phi) is 2.95. The highest BCUT2D eigenvalue weighted by atomic mass is 16.6. The Morgan fingerprint density at radius 3 is 2.65 bits per heavy atom. The Hall–Kier alpha value is -2.11. The van der Waals surface area contributed by atoms with Gasteiger partial charge < -0.3 is 10.4 Å². The lowest BCUT2D eigenvalue weighted by molar-refractivity contribution is -0.384. The summed E-state index contributed by atoms with van der Waals surface area (Å²) >= 11 is 0. The Morgan fingerprint density at radius 2 is 2.18 bits per heavy atom. The number of hydrogen-bond donors (Lipinski definition) is 2. The van der Waals surface area contributed by atoms with Gasteiger partial charge in [-0.2, -0.15) is 0 Å². The van der Waals surface area contributed by atoms with Crippen molar-refractivity contribution in [3.63, 3.8) is 0 Å². The third kappa shape index (κ3) is 2.35. The van der Waals surface area contributed by atoms with E-state index < -0.39 is 10.9 Å². The van der Waals surface area contributed by atoms with Crippen LogP contribution in [0.1, 0.15) is 29.6 Å². The van der Waals surface area contributed by atoms with Gasteiger partial charge in [0, 0.05) is 18.2 Å². The predicted molar refractivity (Wildman–Crippen MR) is 61.3 cm³/mol. The lowest BCUT2D eigenvalue weighted by atomic mass is 9.92. The van der Waals surface area contributed by atoms with E-state index in [0.717, 1.165) is 19.3 Å². The maximum atomic E-state index is 11.0. The molecule has 0 atom stereocenters. The van der Waals surface area contributed by atoms with Crippen LogP contribution in [0, 0.1) is 10.1 Å². The summed E-state index contributed by atoms with van der Waals surface area (Å²) in [5, 5.41) is 22.7. The molecule has 1 aliphatic carbocycles. The smallest absolute Gasteiger partial charge is 0.337 e. The number of hydrogen-bond acceptors (Lipinski definition) is 4. The van der Waals surface area contributed by atoms with Crippen LogP contribution in [0.4, 0.5) is 11.4 Å². The van der Waals surface area contributed by atoms with Crippen molar-refractivity contribution in [1.29, 1.82) is 0 Å². The van der Waals surface area contributed by atoms with Gasteiger partial charge in [-0.3, -0.25) is 10.1 Å². The summed E-state index contributed by atoms with van der Waals surface area (Å²) in [6, 6.07) is 3.98. The van der Waals surface area contributed by atoms with E-state index in [4.69, 9.17) is 5.11 Å². The molecule has 1 fully saturated rings. The number of aromatic carboxylic acids is 1. The van der Waals surface area contributed by atoms with Gasteiger partial charge in [0.1, 0.15) is 0 Å². The Labute approximate surface area is 97.4 Å². The molecule has 0 aromatic heterocycles. The van der Waals surface area contributed by atoms with Crippen LogP contribution in [0.15, 0.2) is 18.2 Å². The highest BCUT2D eigenvalue weighted by Gasteiger charge is 2.21. The van der Waals surface area contributed by atoms with Crippen LogP contribution in [0.25, 0.3) is 0 Å². The number of benzene rings is 1. The second-order valence-corrected chi connectivity index (χ2v) is 4.06. The van der Waals surface area contributed by atoms with Crippen LogP contribution >= 0.6 is 0 Å². The molecule has 0 aliphatic heterocycles. The Bertz CT molecular complexity index is 469. The normalized spacial score (nSPS) is 15.1. The van der Waals surface area contributed by atoms with Gasteiger partial charge in [-0.25, -0.2) is 4.79 Å². The third-order valence-electron chi connectivity index (χ3n) is 2.91. The molecule has 0 radical (unpaired) electrons. The zero-order chi connectivity index (χ0) is 12.4. The second kappa shape index (κ2) is 4.40. The molecule has 1 aromatic rings. The minimum absolute atomic E-state index is 0.0718. The van der Waals surface area contributed by atoms with E-state index in [-0.39, 0.29) is 17.3 Å². The van der Waals surface area contributed by atoms with Gasteiger partial charge in [0.2, 0.25) is 0 Å². The molecular weight excluding hydrogens is 224 g/mol. The number of nitro benzene ring substituents is 1. The largest absolute Gasteiger partial charge is 0.478 e. The number of carboxylic acids is 1. The van der Waals surface area contributed by atoms with Crippen molar-refractivity contribution < 1.29 is 14.8 Å². The minimum atomic E-state index is -1.08. The van der Waals surface area contributed by atoms with Gasteiger partial charge in [0.25, 0.3) is 5.69 Å². The molecule has 1 saturated carbocycles. The first kappa shape index (κ1) is 11.4. The number of nitro groups is 1. The Morgan fingerprint density at radius 1 is 1.47 bits per heavy atom. The molecule has 6 heteroatoms. The predicted octanol–water partition coefficient (Wildman–Crippen LogP) is 2.26. The number of carboxylic acid groups (broad SMARTS) is 1. The van der Waals surface area contributed by atoms with Crippen molar-refractivity contribution >= 4 is 17.3 Å². The fraction of sp³-hybridized carbons (Fsp3) is 0.364. The number of non-ortho nitro benzene ring substituents is 1. The summed E-state index contributed by atoms with van der Waals surface area (Å²) in [5.41, 5.74) is 0.302. The number of nitrogens with zero attached hydrogens (tertiary/aromatic N) is 1. The SMILES string of the molecule is O=C(O)c1ccc([N+](=O)[O-])cc1NC1CCC1. The first-order valence-electron chi connectivity index (χ1n) is 5.36. The van der Waals surface area contributed by atoms with E-state index in [1.807, 2.05) is 0 Å². The molecule has 1 aliphatic rings. The van der Waals surface area contributed by atoms with E-state index in [2.05, 4.69) is 5.32 Å². The molecule has 0 heterocycles. The molecule has 2 rings (SSSR count). The quantitative estimate of drug-likeness (QED) is 0.617. The highest BCUT2D eigenvalue weighted by molar-refractivity contribution is 5.94. The fourth-order valence-corrected chi connectivity index (χ4v) is 1.72. The van der Waals surface area contributed by atoms with Crippen molar-refractivity contribution in [2.75, 3.05) is 5.32 Å². The van der Waals surface area contributed by atoms with Crippen molar-refractivity contribution in [1.82, 2.24) is 0 Å². The summed E-state index contributed by atoms with van der Waals surface area (Å²) in [6.45, 7) is 0. The molecule has 90 valence electrons. The molecule has 17 heavy (non-hydrogen) atoms. The van der Waals surface area contributed by atoms with Crippen LogP contribution in [-0.4, -0.2) is 22.0 Å². The monoisotopic (exact) mass is 236 g/mol. The van der Waals surface area contributed by atoms with Gasteiger partial charge in [-0.1, -0.05) is 0 Å².